The smallest absolute Gasteiger partial charge is 0.00720 e. The quantitative estimate of drug-likeness (QED) is 0.369. The minimum absolute atomic E-state index is 0.185. The molecule has 3 aromatic rings. The normalized spacial score (nSPS) is 15.5. The molecular weight excluding hydrogens is 567 g/mol. The maximum Gasteiger partial charge on any atom is -0.00720 e. The van der Waals surface area contributed by atoms with Crippen LogP contribution in [0.4, 0.5) is 0 Å². The van der Waals surface area contributed by atoms with E-state index in [1.165, 1.54) is 16.9 Å². The maximum atomic E-state index is 13.2. The molecule has 0 radical (unpaired) electrons. The standard InChI is InChI=1S/C25H28AsClN2O4S2/c1-33-22-4-2-3-19(15-22)25(30)28-17-23-9-10-24(34-23)35(31,32)29-13-11-20(12-14-29)26-16-18-5-7-21(27)8-6-18/h2-10,15,20,26H,11-14,16-17H2,1H3,(H,28,30). The molecule has 1 aromatic heterocycles. The van der Waals surface area contributed by atoms with Gasteiger partial charge in [0.1, 0.15) is 5.75 Å². The topological polar surface area (TPSA) is 75.7 Å². The van der Waals surface area contributed by atoms with Crippen LogP contribution in [-0.2, 0) is 21.8 Å². The molecule has 6 nitrogen and oxygen atoms in total. The molecule has 1 N–H and O–H groups in total. The molecule has 1 fully saturated rings. The Morgan fingerprint density at radius 1 is 1.14 bits per heavy atom. The summed E-state index contributed by atoms with van der Waals surface area (Å²) < 4.78 is 34.1. The van der Waals surface area contributed by atoms with Crippen molar-refractivity contribution in [2.75, 3.05) is 20.2 Å². The van der Waals surface area contributed by atoms with Gasteiger partial charge < -0.3 is 4.74 Å². The Hall–Kier alpha value is -1.83. The number of amides is 1. The number of carbonyl (C=O) groups excluding carboxylic acids is 1. The van der Waals surface area contributed by atoms with Crippen LogP contribution >= 0.6 is 22.9 Å². The number of thiophene rings is 1. The first-order valence-corrected chi connectivity index (χ1v) is 16.7. The van der Waals surface area contributed by atoms with Crippen molar-refractivity contribution in [1.82, 2.24) is 9.62 Å². The second-order valence-electron chi connectivity index (χ2n) is 8.32. The Morgan fingerprint density at radius 3 is 2.60 bits per heavy atom. The van der Waals surface area contributed by atoms with Crippen LogP contribution < -0.4 is 10.1 Å². The summed E-state index contributed by atoms with van der Waals surface area (Å²) in [6.07, 6.45) is 1.84. The van der Waals surface area contributed by atoms with Gasteiger partial charge in [0.2, 0.25) is 0 Å². The second-order valence-corrected chi connectivity index (χ2v) is 15.4. The molecule has 1 saturated heterocycles. The number of nitrogens with one attached hydrogen (secondary N) is 1. The van der Waals surface area contributed by atoms with Crippen molar-refractivity contribution in [3.05, 3.63) is 81.7 Å². The van der Waals surface area contributed by atoms with Gasteiger partial charge in [-0.05, 0) is 18.2 Å². The fraction of sp³-hybridized carbons (Fsp3) is 0.320. The van der Waals surface area contributed by atoms with Gasteiger partial charge in [-0.3, -0.25) is 0 Å². The fourth-order valence-electron chi connectivity index (χ4n) is 3.92. The number of carbonyl (C=O) groups is 1. The first-order valence-electron chi connectivity index (χ1n) is 11.3. The van der Waals surface area contributed by atoms with Gasteiger partial charge in [0.15, 0.2) is 0 Å². The third-order valence-corrected chi connectivity index (χ3v) is 13.4. The molecule has 0 bridgehead atoms. The van der Waals surface area contributed by atoms with E-state index in [4.69, 9.17) is 16.3 Å². The van der Waals surface area contributed by atoms with E-state index >= 15 is 0 Å². The Bertz CT molecular complexity index is 1260. The first-order chi connectivity index (χ1) is 16.8. The number of hydrogen-bond donors (Lipinski definition) is 1. The summed E-state index contributed by atoms with van der Waals surface area (Å²) in [4.78, 5) is 13.2. The summed E-state index contributed by atoms with van der Waals surface area (Å²) in [5, 5.41) is 4.71. The average Bonchev–Trinajstić information content (AvgIpc) is 3.37. The van der Waals surface area contributed by atoms with Crippen LogP contribution in [0.15, 0.2) is 64.9 Å². The van der Waals surface area contributed by atoms with Gasteiger partial charge in [-0.25, -0.2) is 0 Å². The molecule has 1 aliphatic heterocycles. The van der Waals surface area contributed by atoms with Crippen LogP contribution in [0.5, 0.6) is 5.75 Å². The van der Waals surface area contributed by atoms with E-state index in [0.29, 0.717) is 33.3 Å². The predicted molar refractivity (Wildman–Crippen MR) is 143 cm³/mol. The largest absolute Gasteiger partial charge is 0.00720 e. The molecule has 2 heterocycles. The monoisotopic (exact) mass is 594 g/mol. The van der Waals surface area contributed by atoms with Gasteiger partial charge in [0.05, 0.1) is 7.11 Å². The van der Waals surface area contributed by atoms with Crippen molar-refractivity contribution >= 4 is 54.6 Å². The van der Waals surface area contributed by atoms with E-state index in [-0.39, 0.29) is 28.2 Å². The minimum atomic E-state index is -3.51. The van der Waals surface area contributed by atoms with Crippen LogP contribution in [0, 0.1) is 0 Å². The third kappa shape index (κ3) is 6.89. The Labute approximate surface area is 222 Å². The molecule has 186 valence electrons. The number of rotatable bonds is 9. The van der Waals surface area contributed by atoms with Crippen LogP contribution in [0.25, 0.3) is 0 Å². The Kier molecular flexibility index (Phi) is 8.95. The van der Waals surface area contributed by atoms with E-state index in [2.05, 4.69) is 17.4 Å². The van der Waals surface area contributed by atoms with Crippen molar-refractivity contribution in [2.24, 2.45) is 0 Å². The maximum absolute atomic E-state index is 13.2. The van der Waals surface area contributed by atoms with Crippen molar-refractivity contribution in [3.63, 3.8) is 0 Å². The number of hydrogen-bond acceptors (Lipinski definition) is 5. The number of benzene rings is 2. The van der Waals surface area contributed by atoms with Gasteiger partial charge >= 0.3 is 181 Å². The van der Waals surface area contributed by atoms with E-state index in [1.54, 1.807) is 47.8 Å². The zero-order valence-electron chi connectivity index (χ0n) is 19.4. The number of nitrogens with zero attached hydrogens (tertiary/aromatic N) is 1. The van der Waals surface area contributed by atoms with Crippen molar-refractivity contribution in [2.45, 2.75) is 33.5 Å². The van der Waals surface area contributed by atoms with E-state index in [9.17, 15) is 13.2 Å². The molecule has 4 rings (SSSR count). The average molecular weight is 595 g/mol. The molecule has 0 saturated carbocycles. The molecule has 1 unspecified atom stereocenters. The summed E-state index contributed by atoms with van der Waals surface area (Å²) >= 11 is 7.00. The van der Waals surface area contributed by atoms with Crippen molar-refractivity contribution < 1.29 is 17.9 Å². The van der Waals surface area contributed by atoms with Gasteiger partial charge in [-0.15, -0.1) is 0 Å². The van der Waals surface area contributed by atoms with Crippen LogP contribution in [0.3, 0.4) is 0 Å². The summed E-state index contributed by atoms with van der Waals surface area (Å²) in [7, 11) is -1.96. The predicted octanol–water partition coefficient (Wildman–Crippen LogP) is 4.55. The minimum Gasteiger partial charge on any atom is -0.00720 e. The van der Waals surface area contributed by atoms with Crippen LogP contribution in [0.2, 0.25) is 9.73 Å². The SMILES string of the molecule is COc1cccc(C(=O)NCc2ccc(S(=O)(=O)N3CCC([AsH]Cc4ccc(Cl)cc4)CC3)s2)c1. The first kappa shape index (κ1) is 26.2. The van der Waals surface area contributed by atoms with Gasteiger partial charge in [-0.2, -0.15) is 0 Å². The van der Waals surface area contributed by atoms with Crippen LogP contribution in [-0.4, -0.2) is 54.6 Å². The van der Waals surface area contributed by atoms with Gasteiger partial charge in [0, 0.05) is 0 Å². The second kappa shape index (κ2) is 11.9. The molecule has 35 heavy (non-hydrogen) atoms. The molecule has 0 spiro atoms. The third-order valence-electron chi connectivity index (χ3n) is 5.95. The fourth-order valence-corrected chi connectivity index (χ4v) is 9.96. The summed E-state index contributed by atoms with van der Waals surface area (Å²) in [5.41, 5.74) is 1.81. The summed E-state index contributed by atoms with van der Waals surface area (Å²) in [6.45, 7) is 1.40. The number of halogens is 1. The number of piperidine rings is 1. The Morgan fingerprint density at radius 2 is 1.89 bits per heavy atom. The molecule has 1 atom stereocenters. The Balaban J connectivity index is 1.28. The van der Waals surface area contributed by atoms with Crippen molar-refractivity contribution in [3.8, 4) is 5.75 Å². The van der Waals surface area contributed by atoms with Crippen molar-refractivity contribution in [1.29, 1.82) is 0 Å². The van der Waals surface area contributed by atoms with E-state index in [1.807, 2.05) is 12.1 Å². The number of ether oxygens (including phenoxy) is 1. The molecular formula is C25H28AsClN2O4S2. The molecule has 0 aliphatic carbocycles. The molecule has 2 aromatic carbocycles. The summed E-state index contributed by atoms with van der Waals surface area (Å²) in [6, 6.07) is 18.4. The molecule has 1 aliphatic rings. The molecule has 10 heteroatoms. The van der Waals surface area contributed by atoms with E-state index in [0.717, 1.165) is 27.9 Å². The number of methoxy groups -OCH3 is 1. The van der Waals surface area contributed by atoms with Gasteiger partial charge in [0.25, 0.3) is 0 Å². The zero-order chi connectivity index (χ0) is 24.8. The van der Waals surface area contributed by atoms with E-state index < -0.39 is 10.0 Å². The van der Waals surface area contributed by atoms with Crippen LogP contribution in [0.1, 0.15) is 33.6 Å². The molecule has 1 amide bonds. The van der Waals surface area contributed by atoms with Gasteiger partial charge in [-0.1, -0.05) is 6.07 Å². The zero-order valence-corrected chi connectivity index (χ0v) is 23.9. The summed E-state index contributed by atoms with van der Waals surface area (Å²) in [5.74, 6) is 0.379. The number of sulfonamides is 1.